The van der Waals surface area contributed by atoms with E-state index in [0.29, 0.717) is 23.3 Å². The lowest BCUT2D eigenvalue weighted by Gasteiger charge is -2.43. The summed E-state index contributed by atoms with van der Waals surface area (Å²) in [6.07, 6.45) is 2.30. The Morgan fingerprint density at radius 3 is 3.00 bits per heavy atom. The number of aromatic amines is 2. The standard InChI is InChI=1S/C16H16FN3OS/c1-20-8-10-12(18-15(22)19-14(10)21)7-16(20)6-5-9-3-2-4-11(17)13(9)16/h2-4H,5-8H2,1H3,(H2,18,19,21,22). The minimum Gasteiger partial charge on any atom is -0.335 e. The van der Waals surface area contributed by atoms with Gasteiger partial charge < -0.3 is 4.98 Å². The molecular formula is C16H16FN3OS. The normalized spacial score (nSPS) is 23.5. The Morgan fingerprint density at radius 2 is 2.18 bits per heavy atom. The first-order valence-corrected chi connectivity index (χ1v) is 7.75. The van der Waals surface area contributed by atoms with Gasteiger partial charge in [-0.3, -0.25) is 14.7 Å². The van der Waals surface area contributed by atoms with Gasteiger partial charge in [0.25, 0.3) is 5.56 Å². The van der Waals surface area contributed by atoms with Crippen LogP contribution >= 0.6 is 12.2 Å². The molecule has 1 aliphatic carbocycles. The zero-order valence-electron chi connectivity index (χ0n) is 12.2. The van der Waals surface area contributed by atoms with Crippen molar-refractivity contribution in [2.75, 3.05) is 7.05 Å². The number of nitrogens with zero attached hydrogens (tertiary/aromatic N) is 1. The van der Waals surface area contributed by atoms with Gasteiger partial charge in [0.2, 0.25) is 0 Å². The molecule has 2 aromatic rings. The van der Waals surface area contributed by atoms with Crippen LogP contribution in [0.25, 0.3) is 0 Å². The second-order valence-corrected chi connectivity index (χ2v) is 6.61. The molecule has 0 radical (unpaired) electrons. The minimum absolute atomic E-state index is 0.146. The van der Waals surface area contributed by atoms with Crippen LogP contribution in [0.15, 0.2) is 23.0 Å². The summed E-state index contributed by atoms with van der Waals surface area (Å²) in [5.41, 5.74) is 2.85. The number of halogens is 1. The number of H-pyrrole nitrogens is 2. The Bertz CT molecular complexity index is 888. The molecule has 1 aliphatic heterocycles. The molecule has 114 valence electrons. The Morgan fingerprint density at radius 1 is 1.36 bits per heavy atom. The van der Waals surface area contributed by atoms with E-state index in [1.807, 2.05) is 13.1 Å². The predicted molar refractivity (Wildman–Crippen MR) is 83.8 cm³/mol. The van der Waals surface area contributed by atoms with Gasteiger partial charge in [-0.05, 0) is 43.7 Å². The van der Waals surface area contributed by atoms with Gasteiger partial charge in [0.05, 0.1) is 11.1 Å². The molecule has 4 rings (SSSR count). The van der Waals surface area contributed by atoms with Crippen molar-refractivity contribution in [3.63, 3.8) is 0 Å². The zero-order valence-corrected chi connectivity index (χ0v) is 13.0. The molecule has 2 aliphatic rings. The van der Waals surface area contributed by atoms with Crippen LogP contribution in [0.2, 0.25) is 0 Å². The van der Waals surface area contributed by atoms with Crippen molar-refractivity contribution in [1.29, 1.82) is 0 Å². The molecule has 6 heteroatoms. The number of nitrogens with one attached hydrogen (secondary N) is 2. The Balaban J connectivity index is 1.93. The number of fused-ring (bicyclic) bond motifs is 3. The van der Waals surface area contributed by atoms with Crippen LogP contribution in [0.3, 0.4) is 0 Å². The van der Waals surface area contributed by atoms with Gasteiger partial charge in [-0.25, -0.2) is 4.39 Å². The van der Waals surface area contributed by atoms with Crippen molar-refractivity contribution in [2.45, 2.75) is 31.3 Å². The molecule has 0 bridgehead atoms. The van der Waals surface area contributed by atoms with Crippen LogP contribution in [0.4, 0.5) is 4.39 Å². The quantitative estimate of drug-likeness (QED) is 0.734. The van der Waals surface area contributed by atoms with Crippen molar-refractivity contribution in [3.05, 3.63) is 61.5 Å². The summed E-state index contributed by atoms with van der Waals surface area (Å²) in [6.45, 7) is 0.491. The maximum atomic E-state index is 14.5. The summed E-state index contributed by atoms with van der Waals surface area (Å²) in [7, 11) is 1.96. The highest BCUT2D eigenvalue weighted by Gasteiger charge is 2.47. The van der Waals surface area contributed by atoms with E-state index < -0.39 is 0 Å². The monoisotopic (exact) mass is 317 g/mol. The first kappa shape index (κ1) is 13.8. The molecule has 4 nitrogen and oxygen atoms in total. The van der Waals surface area contributed by atoms with Crippen LogP contribution in [0, 0.1) is 10.6 Å². The number of aromatic nitrogens is 2. The molecule has 0 fully saturated rings. The number of hydrogen-bond donors (Lipinski definition) is 2. The van der Waals surface area contributed by atoms with E-state index in [1.165, 1.54) is 6.07 Å². The van der Waals surface area contributed by atoms with Crippen LogP contribution in [0.5, 0.6) is 0 Å². The van der Waals surface area contributed by atoms with E-state index in [0.717, 1.165) is 29.7 Å². The van der Waals surface area contributed by atoms with Crippen molar-refractivity contribution in [2.24, 2.45) is 0 Å². The Hall–Kier alpha value is -1.79. The molecule has 1 unspecified atom stereocenters. The second kappa shape index (κ2) is 4.60. The first-order valence-electron chi connectivity index (χ1n) is 7.35. The molecular weight excluding hydrogens is 301 g/mol. The Labute approximate surface area is 132 Å². The van der Waals surface area contributed by atoms with Crippen LogP contribution in [-0.2, 0) is 24.9 Å². The van der Waals surface area contributed by atoms with E-state index in [-0.39, 0.29) is 16.9 Å². The first-order chi connectivity index (χ1) is 10.5. The molecule has 1 atom stereocenters. The third-order valence-electron chi connectivity index (χ3n) is 5.10. The van der Waals surface area contributed by atoms with E-state index in [1.54, 1.807) is 6.07 Å². The molecule has 1 aromatic carbocycles. The average molecular weight is 317 g/mol. The van der Waals surface area contributed by atoms with Gasteiger partial charge in [0, 0.05) is 24.2 Å². The summed E-state index contributed by atoms with van der Waals surface area (Å²) < 4.78 is 14.8. The van der Waals surface area contributed by atoms with E-state index in [9.17, 15) is 9.18 Å². The van der Waals surface area contributed by atoms with E-state index in [4.69, 9.17) is 12.2 Å². The molecule has 1 spiro atoms. The maximum Gasteiger partial charge on any atom is 0.256 e. The maximum absolute atomic E-state index is 14.5. The fourth-order valence-corrected chi connectivity index (χ4v) is 4.23. The highest BCUT2D eigenvalue weighted by molar-refractivity contribution is 7.71. The molecule has 0 saturated carbocycles. The predicted octanol–water partition coefficient (Wildman–Crippen LogP) is 2.40. The zero-order chi connectivity index (χ0) is 15.5. The highest BCUT2D eigenvalue weighted by Crippen LogP contribution is 2.47. The number of benzene rings is 1. The van der Waals surface area contributed by atoms with Gasteiger partial charge in [0.1, 0.15) is 5.82 Å². The molecule has 22 heavy (non-hydrogen) atoms. The third-order valence-corrected chi connectivity index (χ3v) is 5.30. The van der Waals surface area contributed by atoms with Crippen molar-refractivity contribution in [3.8, 4) is 0 Å². The van der Waals surface area contributed by atoms with Crippen molar-refractivity contribution >= 4 is 12.2 Å². The second-order valence-electron chi connectivity index (χ2n) is 6.20. The number of aryl methyl sites for hydroxylation is 1. The molecule has 0 saturated heterocycles. The lowest BCUT2D eigenvalue weighted by molar-refractivity contribution is 0.0888. The number of likely N-dealkylation sites (N-methyl/N-ethyl adjacent to an activating group) is 1. The third kappa shape index (κ3) is 1.77. The van der Waals surface area contributed by atoms with Crippen LogP contribution in [-0.4, -0.2) is 21.9 Å². The molecule has 0 amide bonds. The average Bonchev–Trinajstić information content (AvgIpc) is 2.82. The topological polar surface area (TPSA) is 51.9 Å². The SMILES string of the molecule is CN1Cc2c([nH]c(=S)[nH]c2=O)CC12CCc1cccc(F)c12. The van der Waals surface area contributed by atoms with Crippen LogP contribution < -0.4 is 5.56 Å². The lowest BCUT2D eigenvalue weighted by atomic mass is 9.81. The fraction of sp³-hybridized carbons (Fsp3) is 0.375. The van der Waals surface area contributed by atoms with E-state index in [2.05, 4.69) is 14.9 Å². The lowest BCUT2D eigenvalue weighted by Crippen LogP contribution is -2.49. The molecule has 2 heterocycles. The Kier molecular flexibility index (Phi) is 2.90. The van der Waals surface area contributed by atoms with Gasteiger partial charge in [-0.1, -0.05) is 12.1 Å². The van der Waals surface area contributed by atoms with Gasteiger partial charge in [-0.15, -0.1) is 0 Å². The minimum atomic E-state index is -0.389. The largest absolute Gasteiger partial charge is 0.335 e. The summed E-state index contributed by atoms with van der Waals surface area (Å²) in [5, 5.41) is 0. The highest BCUT2D eigenvalue weighted by atomic mass is 32.1. The van der Waals surface area contributed by atoms with Gasteiger partial charge >= 0.3 is 0 Å². The number of hydrogen-bond acceptors (Lipinski definition) is 3. The van der Waals surface area contributed by atoms with Crippen molar-refractivity contribution in [1.82, 2.24) is 14.9 Å². The molecule has 1 aromatic heterocycles. The van der Waals surface area contributed by atoms with Crippen LogP contribution in [0.1, 0.15) is 28.8 Å². The fourth-order valence-electron chi connectivity index (χ4n) is 4.02. The summed E-state index contributed by atoms with van der Waals surface area (Å²) in [6, 6.07) is 5.29. The van der Waals surface area contributed by atoms with Gasteiger partial charge in [-0.2, -0.15) is 0 Å². The van der Waals surface area contributed by atoms with Crippen molar-refractivity contribution < 1.29 is 4.39 Å². The van der Waals surface area contributed by atoms with E-state index >= 15 is 0 Å². The summed E-state index contributed by atoms with van der Waals surface area (Å²) >= 11 is 5.08. The summed E-state index contributed by atoms with van der Waals surface area (Å²) in [4.78, 5) is 19.9. The number of rotatable bonds is 0. The smallest absolute Gasteiger partial charge is 0.256 e. The molecule has 2 N–H and O–H groups in total. The van der Waals surface area contributed by atoms with Gasteiger partial charge in [0.15, 0.2) is 4.77 Å². The summed E-state index contributed by atoms with van der Waals surface area (Å²) in [5.74, 6) is -0.159.